The molecule has 2 N–H and O–H groups in total. The fourth-order valence-electron chi connectivity index (χ4n) is 4.25. The van der Waals surface area contributed by atoms with Gasteiger partial charge in [0.15, 0.2) is 4.80 Å². The van der Waals surface area contributed by atoms with Gasteiger partial charge in [-0.15, -0.1) is 0 Å². The van der Waals surface area contributed by atoms with E-state index < -0.39 is 17.9 Å². The summed E-state index contributed by atoms with van der Waals surface area (Å²) in [6.45, 7) is 3.73. The number of carboxylic acid groups (broad SMARTS) is 1. The molecule has 1 aliphatic carbocycles. The molecule has 2 aromatic carbocycles. The van der Waals surface area contributed by atoms with Gasteiger partial charge in [-0.1, -0.05) is 48.8 Å². The fourth-order valence-corrected chi connectivity index (χ4v) is 5.35. The zero-order chi connectivity index (χ0) is 23.5. The number of hydrogen-bond donors (Lipinski definition) is 2. The van der Waals surface area contributed by atoms with Gasteiger partial charge in [-0.05, 0) is 56.5 Å². The Morgan fingerprint density at radius 3 is 2.48 bits per heavy atom. The second kappa shape index (κ2) is 9.70. The molecule has 8 heteroatoms. The number of aromatic nitrogens is 1. The molecule has 4 rings (SSSR count). The van der Waals surface area contributed by atoms with Crippen molar-refractivity contribution in [2.75, 3.05) is 5.32 Å². The SMILES string of the molecule is CCC(C(=O)O)n1/c(=N/C(=O)c2ccc(C)cc2)sc2cc(NC(=O)C3CCCC3)ccc21. The lowest BCUT2D eigenvalue weighted by molar-refractivity contribution is -0.141. The third kappa shape index (κ3) is 4.90. The van der Waals surface area contributed by atoms with Crippen LogP contribution in [-0.4, -0.2) is 27.5 Å². The van der Waals surface area contributed by atoms with Crippen molar-refractivity contribution in [3.8, 4) is 0 Å². The molecule has 172 valence electrons. The maximum atomic E-state index is 12.8. The standard InChI is InChI=1S/C25H27N3O4S/c1-3-19(24(31)32)28-20-13-12-18(26-22(29)16-6-4-5-7-16)14-21(20)33-25(28)27-23(30)17-10-8-15(2)9-11-17/h8-14,16,19H,3-7H2,1-2H3,(H,26,29)(H,31,32)/b27-25-. The molecule has 7 nitrogen and oxygen atoms in total. The first-order chi connectivity index (χ1) is 15.9. The van der Waals surface area contributed by atoms with Crippen molar-refractivity contribution < 1.29 is 19.5 Å². The van der Waals surface area contributed by atoms with E-state index in [4.69, 9.17) is 0 Å². The van der Waals surface area contributed by atoms with Gasteiger partial charge in [-0.3, -0.25) is 9.59 Å². The Hall–Kier alpha value is -3.26. The number of carbonyl (C=O) groups excluding carboxylic acids is 2. The minimum atomic E-state index is -0.986. The molecule has 0 radical (unpaired) electrons. The molecule has 3 aromatic rings. The molecule has 0 aliphatic heterocycles. The second-order valence-electron chi connectivity index (χ2n) is 8.45. The molecule has 0 saturated heterocycles. The highest BCUT2D eigenvalue weighted by Crippen LogP contribution is 2.29. The summed E-state index contributed by atoms with van der Waals surface area (Å²) in [7, 11) is 0. The van der Waals surface area contributed by atoms with Crippen LogP contribution in [0.25, 0.3) is 10.2 Å². The van der Waals surface area contributed by atoms with Gasteiger partial charge < -0.3 is 15.0 Å². The summed E-state index contributed by atoms with van der Waals surface area (Å²) >= 11 is 1.25. The van der Waals surface area contributed by atoms with Gasteiger partial charge in [0.1, 0.15) is 6.04 Å². The first-order valence-electron chi connectivity index (χ1n) is 11.2. The number of hydrogen-bond acceptors (Lipinski definition) is 4. The third-order valence-corrected chi connectivity index (χ3v) is 7.12. The van der Waals surface area contributed by atoms with E-state index in [9.17, 15) is 19.5 Å². The van der Waals surface area contributed by atoms with E-state index in [2.05, 4.69) is 10.3 Å². The molecule has 1 unspecified atom stereocenters. The number of anilines is 1. The van der Waals surface area contributed by atoms with Crippen LogP contribution >= 0.6 is 11.3 Å². The first kappa shape index (κ1) is 22.9. The number of aliphatic carboxylic acids is 1. The van der Waals surface area contributed by atoms with Gasteiger partial charge in [0.05, 0.1) is 10.2 Å². The number of fused-ring (bicyclic) bond motifs is 1. The monoisotopic (exact) mass is 465 g/mol. The predicted molar refractivity (Wildman–Crippen MR) is 128 cm³/mol. The summed E-state index contributed by atoms with van der Waals surface area (Å²) < 4.78 is 2.37. The zero-order valence-electron chi connectivity index (χ0n) is 18.7. The van der Waals surface area contributed by atoms with E-state index in [0.717, 1.165) is 35.9 Å². The van der Waals surface area contributed by atoms with Gasteiger partial charge in [0.25, 0.3) is 5.91 Å². The highest BCUT2D eigenvalue weighted by molar-refractivity contribution is 7.16. The maximum absolute atomic E-state index is 12.8. The average Bonchev–Trinajstić information content (AvgIpc) is 3.43. The van der Waals surface area contributed by atoms with E-state index >= 15 is 0 Å². The molecule has 1 atom stereocenters. The van der Waals surface area contributed by atoms with Crippen LogP contribution in [0.15, 0.2) is 47.5 Å². The summed E-state index contributed by atoms with van der Waals surface area (Å²) in [4.78, 5) is 41.9. The van der Waals surface area contributed by atoms with E-state index in [1.54, 1.807) is 35.8 Å². The van der Waals surface area contributed by atoms with Gasteiger partial charge in [-0.25, -0.2) is 4.79 Å². The first-order valence-corrected chi connectivity index (χ1v) is 12.0. The lowest BCUT2D eigenvalue weighted by atomic mass is 10.1. The largest absolute Gasteiger partial charge is 0.480 e. The lowest BCUT2D eigenvalue weighted by Gasteiger charge is -2.14. The van der Waals surface area contributed by atoms with Crippen molar-refractivity contribution in [2.45, 2.75) is 52.0 Å². The quantitative estimate of drug-likeness (QED) is 0.540. The normalized spacial score (nSPS) is 15.6. The summed E-state index contributed by atoms with van der Waals surface area (Å²) in [6, 6.07) is 11.6. The lowest BCUT2D eigenvalue weighted by Crippen LogP contribution is -2.27. The topological polar surface area (TPSA) is 101 Å². The Morgan fingerprint density at radius 1 is 1.15 bits per heavy atom. The van der Waals surface area contributed by atoms with Crippen LogP contribution < -0.4 is 10.1 Å². The molecule has 0 bridgehead atoms. The zero-order valence-corrected chi connectivity index (χ0v) is 19.5. The van der Waals surface area contributed by atoms with Crippen molar-refractivity contribution in [3.05, 3.63) is 58.4 Å². The maximum Gasteiger partial charge on any atom is 0.326 e. The van der Waals surface area contributed by atoms with Crippen LogP contribution in [0.4, 0.5) is 5.69 Å². The van der Waals surface area contributed by atoms with Crippen molar-refractivity contribution in [1.29, 1.82) is 0 Å². The van der Waals surface area contributed by atoms with Gasteiger partial charge >= 0.3 is 5.97 Å². The number of thiazole rings is 1. The second-order valence-corrected chi connectivity index (χ2v) is 9.46. The molecule has 1 heterocycles. The van der Waals surface area contributed by atoms with Crippen LogP contribution in [0, 0.1) is 12.8 Å². The number of benzene rings is 2. The van der Waals surface area contributed by atoms with Crippen LogP contribution in [-0.2, 0) is 9.59 Å². The van der Waals surface area contributed by atoms with E-state index in [1.165, 1.54) is 11.3 Å². The molecular formula is C25H27N3O4S. The minimum absolute atomic E-state index is 0.0210. The Kier molecular flexibility index (Phi) is 6.74. The Balaban J connectivity index is 1.76. The highest BCUT2D eigenvalue weighted by Gasteiger charge is 2.24. The molecule has 33 heavy (non-hydrogen) atoms. The van der Waals surface area contributed by atoms with E-state index in [-0.39, 0.29) is 11.8 Å². The number of carbonyl (C=O) groups is 3. The van der Waals surface area contributed by atoms with Crippen LogP contribution in [0.1, 0.15) is 61.0 Å². The molecule has 1 aliphatic rings. The molecular weight excluding hydrogens is 438 g/mol. The van der Waals surface area contributed by atoms with Crippen molar-refractivity contribution in [2.24, 2.45) is 10.9 Å². The number of nitrogens with zero attached hydrogens (tertiary/aromatic N) is 2. The van der Waals surface area contributed by atoms with E-state index in [0.29, 0.717) is 28.0 Å². The van der Waals surface area contributed by atoms with Crippen LogP contribution in [0.3, 0.4) is 0 Å². The van der Waals surface area contributed by atoms with Gasteiger partial charge in [-0.2, -0.15) is 4.99 Å². The molecule has 1 saturated carbocycles. The Labute approximate surface area is 195 Å². The minimum Gasteiger partial charge on any atom is -0.480 e. The Morgan fingerprint density at radius 2 is 1.85 bits per heavy atom. The van der Waals surface area contributed by atoms with Gasteiger partial charge in [0, 0.05) is 17.2 Å². The number of nitrogens with one attached hydrogen (secondary N) is 1. The van der Waals surface area contributed by atoms with Crippen molar-refractivity contribution in [1.82, 2.24) is 4.57 Å². The molecule has 0 spiro atoms. The van der Waals surface area contributed by atoms with Crippen molar-refractivity contribution >= 4 is 45.0 Å². The predicted octanol–water partition coefficient (Wildman–Crippen LogP) is 4.92. The summed E-state index contributed by atoms with van der Waals surface area (Å²) in [5.74, 6) is -1.35. The molecule has 1 fully saturated rings. The number of rotatable bonds is 6. The number of amides is 2. The van der Waals surface area contributed by atoms with Crippen LogP contribution in [0.2, 0.25) is 0 Å². The molecule has 2 amide bonds. The Bertz CT molecular complexity index is 1270. The van der Waals surface area contributed by atoms with Gasteiger partial charge in [0.2, 0.25) is 5.91 Å². The van der Waals surface area contributed by atoms with Crippen LogP contribution in [0.5, 0.6) is 0 Å². The van der Waals surface area contributed by atoms with Crippen molar-refractivity contribution in [3.63, 3.8) is 0 Å². The smallest absolute Gasteiger partial charge is 0.326 e. The fraction of sp³-hybridized carbons (Fsp3) is 0.360. The van der Waals surface area contributed by atoms with E-state index in [1.807, 2.05) is 25.1 Å². The molecule has 1 aromatic heterocycles. The summed E-state index contributed by atoms with van der Waals surface area (Å²) in [6.07, 6.45) is 4.32. The summed E-state index contributed by atoms with van der Waals surface area (Å²) in [5.41, 5.74) is 2.81. The number of carboxylic acids is 1. The summed E-state index contributed by atoms with van der Waals surface area (Å²) in [5, 5.41) is 12.8. The average molecular weight is 466 g/mol. The highest BCUT2D eigenvalue weighted by atomic mass is 32.1. The number of aryl methyl sites for hydroxylation is 1. The third-order valence-electron chi connectivity index (χ3n) is 6.10.